The highest BCUT2D eigenvalue weighted by Gasteiger charge is 2.22. The Morgan fingerprint density at radius 2 is 1.83 bits per heavy atom. The standard InChI is InChI=1S/C16H25N3O3S.ClH/c1-2-11-23(21,22)18-15-5-3-14(4-6-15)16(20)19-9-7-13(12-17)8-10-19;/h3-6,13,18H,2,7-12,17H2,1H3;1H. The lowest BCUT2D eigenvalue weighted by Crippen LogP contribution is -2.40. The van der Waals surface area contributed by atoms with Gasteiger partial charge in [0.05, 0.1) is 5.75 Å². The van der Waals surface area contributed by atoms with Crippen molar-refractivity contribution >= 4 is 34.0 Å². The van der Waals surface area contributed by atoms with Gasteiger partial charge in [-0.25, -0.2) is 8.42 Å². The van der Waals surface area contributed by atoms with Crippen LogP contribution in [0.25, 0.3) is 0 Å². The average molecular weight is 376 g/mol. The SMILES string of the molecule is CCCS(=O)(=O)Nc1ccc(C(=O)N2CCC(CN)CC2)cc1.Cl. The Hall–Kier alpha value is -1.31. The molecule has 1 heterocycles. The zero-order valence-corrected chi connectivity index (χ0v) is 15.5. The van der Waals surface area contributed by atoms with E-state index in [9.17, 15) is 13.2 Å². The van der Waals surface area contributed by atoms with Gasteiger partial charge in [-0.15, -0.1) is 12.4 Å². The molecule has 0 aliphatic carbocycles. The smallest absolute Gasteiger partial charge is 0.253 e. The van der Waals surface area contributed by atoms with Gasteiger partial charge in [-0.3, -0.25) is 9.52 Å². The number of rotatable bonds is 6. The van der Waals surface area contributed by atoms with E-state index in [0.717, 1.165) is 25.9 Å². The summed E-state index contributed by atoms with van der Waals surface area (Å²) < 4.78 is 26.0. The highest BCUT2D eigenvalue weighted by atomic mass is 35.5. The Balaban J connectivity index is 0.00000288. The van der Waals surface area contributed by atoms with Crippen molar-refractivity contribution in [1.82, 2.24) is 4.90 Å². The molecule has 8 heteroatoms. The molecule has 1 saturated heterocycles. The molecule has 1 fully saturated rings. The molecule has 2 rings (SSSR count). The number of hydrogen-bond acceptors (Lipinski definition) is 4. The molecule has 1 aliphatic rings. The van der Waals surface area contributed by atoms with Crippen molar-refractivity contribution in [3.05, 3.63) is 29.8 Å². The van der Waals surface area contributed by atoms with E-state index in [4.69, 9.17) is 5.73 Å². The first-order valence-corrected chi connectivity index (χ1v) is 9.70. The zero-order chi connectivity index (χ0) is 16.9. The van der Waals surface area contributed by atoms with Crippen LogP contribution in [0, 0.1) is 5.92 Å². The number of anilines is 1. The highest BCUT2D eigenvalue weighted by Crippen LogP contribution is 2.19. The number of nitrogens with two attached hydrogens (primary N) is 1. The van der Waals surface area contributed by atoms with E-state index >= 15 is 0 Å². The minimum atomic E-state index is -3.30. The Bertz CT molecular complexity index is 626. The van der Waals surface area contributed by atoms with Crippen LogP contribution in [0.1, 0.15) is 36.5 Å². The van der Waals surface area contributed by atoms with Crippen molar-refractivity contribution in [2.24, 2.45) is 11.7 Å². The average Bonchev–Trinajstić information content (AvgIpc) is 2.54. The lowest BCUT2D eigenvalue weighted by atomic mass is 9.96. The summed E-state index contributed by atoms with van der Waals surface area (Å²) in [6, 6.07) is 6.60. The molecule has 3 N–H and O–H groups in total. The van der Waals surface area contributed by atoms with Crippen LogP contribution in [0.5, 0.6) is 0 Å². The normalized spacial score (nSPS) is 15.7. The van der Waals surface area contributed by atoms with Crippen LogP contribution in [0.4, 0.5) is 5.69 Å². The van der Waals surface area contributed by atoms with Gasteiger partial charge >= 0.3 is 0 Å². The van der Waals surface area contributed by atoms with Crippen molar-refractivity contribution in [3.8, 4) is 0 Å². The van der Waals surface area contributed by atoms with E-state index in [2.05, 4.69) is 4.72 Å². The predicted octanol–water partition coefficient (Wildman–Crippen LogP) is 2.07. The van der Waals surface area contributed by atoms with Crippen LogP contribution < -0.4 is 10.5 Å². The van der Waals surface area contributed by atoms with Crippen molar-refractivity contribution in [2.75, 3.05) is 30.1 Å². The van der Waals surface area contributed by atoms with Gasteiger partial charge in [0.2, 0.25) is 10.0 Å². The first-order chi connectivity index (χ1) is 10.9. The number of benzene rings is 1. The first-order valence-electron chi connectivity index (χ1n) is 8.05. The van der Waals surface area contributed by atoms with Crippen LogP contribution in [0.2, 0.25) is 0 Å². The van der Waals surface area contributed by atoms with Gasteiger partial charge < -0.3 is 10.6 Å². The van der Waals surface area contributed by atoms with Crippen molar-refractivity contribution in [3.63, 3.8) is 0 Å². The fourth-order valence-electron chi connectivity index (χ4n) is 2.73. The second kappa shape index (κ2) is 9.25. The third-order valence-corrected chi connectivity index (χ3v) is 5.61. The lowest BCUT2D eigenvalue weighted by molar-refractivity contribution is 0.0693. The van der Waals surface area contributed by atoms with Gasteiger partial charge in [0.25, 0.3) is 5.91 Å². The molecule has 0 unspecified atom stereocenters. The number of likely N-dealkylation sites (tertiary alicyclic amines) is 1. The van der Waals surface area contributed by atoms with E-state index in [1.54, 1.807) is 24.3 Å². The van der Waals surface area contributed by atoms with Gasteiger partial charge in [-0.2, -0.15) is 0 Å². The number of halogens is 1. The Kier molecular flexibility index (Phi) is 7.99. The molecule has 0 radical (unpaired) electrons. The summed E-state index contributed by atoms with van der Waals surface area (Å²) in [6.45, 7) is 3.95. The molecular formula is C16H26ClN3O3S. The van der Waals surface area contributed by atoms with Crippen LogP contribution in [0.3, 0.4) is 0 Å². The van der Waals surface area contributed by atoms with Crippen molar-refractivity contribution in [2.45, 2.75) is 26.2 Å². The molecular weight excluding hydrogens is 350 g/mol. The zero-order valence-electron chi connectivity index (χ0n) is 13.9. The van der Waals surface area contributed by atoms with E-state index in [0.29, 0.717) is 30.1 Å². The number of hydrogen-bond donors (Lipinski definition) is 2. The number of sulfonamides is 1. The summed E-state index contributed by atoms with van der Waals surface area (Å²) in [6.07, 6.45) is 2.44. The number of nitrogens with zero attached hydrogens (tertiary/aromatic N) is 1. The summed E-state index contributed by atoms with van der Waals surface area (Å²) in [4.78, 5) is 14.3. The molecule has 0 spiro atoms. The van der Waals surface area contributed by atoms with Gasteiger partial charge in [-0.05, 0) is 56.0 Å². The molecule has 1 aliphatic heterocycles. The van der Waals surface area contributed by atoms with Crippen molar-refractivity contribution in [1.29, 1.82) is 0 Å². The fourth-order valence-corrected chi connectivity index (χ4v) is 3.87. The van der Waals surface area contributed by atoms with Crippen LogP contribution in [-0.4, -0.2) is 44.6 Å². The highest BCUT2D eigenvalue weighted by molar-refractivity contribution is 7.92. The summed E-state index contributed by atoms with van der Waals surface area (Å²) >= 11 is 0. The summed E-state index contributed by atoms with van der Waals surface area (Å²) in [7, 11) is -3.30. The molecule has 0 atom stereocenters. The Morgan fingerprint density at radius 1 is 1.25 bits per heavy atom. The topological polar surface area (TPSA) is 92.5 Å². The third kappa shape index (κ3) is 5.65. The van der Waals surface area contributed by atoms with Gasteiger partial charge in [-0.1, -0.05) is 6.92 Å². The molecule has 1 aromatic carbocycles. The number of carbonyl (C=O) groups is 1. The maximum atomic E-state index is 12.4. The molecule has 6 nitrogen and oxygen atoms in total. The minimum Gasteiger partial charge on any atom is -0.339 e. The number of nitrogens with one attached hydrogen (secondary N) is 1. The third-order valence-electron chi connectivity index (χ3n) is 4.11. The Morgan fingerprint density at radius 3 is 2.33 bits per heavy atom. The van der Waals surface area contributed by atoms with E-state index < -0.39 is 10.0 Å². The van der Waals surface area contributed by atoms with E-state index in [1.807, 2.05) is 11.8 Å². The lowest BCUT2D eigenvalue weighted by Gasteiger charge is -2.31. The van der Waals surface area contributed by atoms with Crippen molar-refractivity contribution < 1.29 is 13.2 Å². The van der Waals surface area contributed by atoms with Crippen LogP contribution >= 0.6 is 12.4 Å². The maximum absolute atomic E-state index is 12.4. The van der Waals surface area contributed by atoms with Gasteiger partial charge in [0.15, 0.2) is 0 Å². The largest absolute Gasteiger partial charge is 0.339 e. The minimum absolute atomic E-state index is 0. The second-order valence-corrected chi connectivity index (χ2v) is 7.81. The molecule has 1 aromatic rings. The molecule has 0 bridgehead atoms. The molecule has 0 aromatic heterocycles. The second-order valence-electron chi connectivity index (χ2n) is 5.97. The summed E-state index contributed by atoms with van der Waals surface area (Å²) in [5, 5.41) is 0. The fraction of sp³-hybridized carbons (Fsp3) is 0.562. The van der Waals surface area contributed by atoms with E-state index in [1.165, 1.54) is 0 Å². The van der Waals surface area contributed by atoms with Gasteiger partial charge in [0.1, 0.15) is 0 Å². The number of amides is 1. The van der Waals surface area contributed by atoms with E-state index in [-0.39, 0.29) is 24.1 Å². The number of piperidine rings is 1. The maximum Gasteiger partial charge on any atom is 0.253 e. The quantitative estimate of drug-likeness (QED) is 0.796. The van der Waals surface area contributed by atoms with Gasteiger partial charge in [0, 0.05) is 24.3 Å². The van der Waals surface area contributed by atoms with Crippen LogP contribution in [0.15, 0.2) is 24.3 Å². The molecule has 1 amide bonds. The van der Waals surface area contributed by atoms with Crippen LogP contribution in [-0.2, 0) is 10.0 Å². The molecule has 0 saturated carbocycles. The number of carbonyl (C=O) groups excluding carboxylic acids is 1. The molecule has 136 valence electrons. The first kappa shape index (κ1) is 20.7. The Labute approximate surface area is 150 Å². The monoisotopic (exact) mass is 375 g/mol. The predicted molar refractivity (Wildman–Crippen MR) is 99.1 cm³/mol. The molecule has 24 heavy (non-hydrogen) atoms. The summed E-state index contributed by atoms with van der Waals surface area (Å²) in [5.74, 6) is 0.585. The summed E-state index contributed by atoms with van der Waals surface area (Å²) in [5.41, 5.74) is 6.73.